The zero-order valence-electron chi connectivity index (χ0n) is 27.1. The number of amides is 1. The molecule has 16 nitrogen and oxygen atoms in total. The Bertz CT molecular complexity index is 2600. The van der Waals surface area contributed by atoms with E-state index in [1.165, 1.54) is 54.4 Å². The molecule has 0 bridgehead atoms. The van der Waals surface area contributed by atoms with Crippen LogP contribution in [0.15, 0.2) is 96.9 Å². The molecule has 0 fully saturated rings. The lowest BCUT2D eigenvalue weighted by atomic mass is 9.90. The van der Waals surface area contributed by atoms with Crippen LogP contribution in [-0.2, 0) is 41.6 Å². The van der Waals surface area contributed by atoms with Crippen molar-refractivity contribution >= 4 is 58.9 Å². The quantitative estimate of drug-likeness (QED) is 0.0689. The van der Waals surface area contributed by atoms with Crippen molar-refractivity contribution in [3.8, 4) is 22.5 Å². The van der Waals surface area contributed by atoms with E-state index in [4.69, 9.17) is 15.3 Å². The maximum atomic E-state index is 13.8. The summed E-state index contributed by atoms with van der Waals surface area (Å²) < 4.78 is 108. The van der Waals surface area contributed by atoms with Crippen molar-refractivity contribution < 1.29 is 58.0 Å². The second kappa shape index (κ2) is 14.4. The van der Waals surface area contributed by atoms with Gasteiger partial charge in [0.05, 0.1) is 15.9 Å². The summed E-state index contributed by atoms with van der Waals surface area (Å²) in [6.07, 6.45) is 0.132. The van der Waals surface area contributed by atoms with Crippen LogP contribution in [0.1, 0.15) is 28.8 Å². The van der Waals surface area contributed by atoms with Crippen LogP contribution in [0.2, 0.25) is 0 Å². The lowest BCUT2D eigenvalue weighted by Crippen LogP contribution is -2.28. The van der Waals surface area contributed by atoms with Crippen LogP contribution in [0, 0.1) is 0 Å². The van der Waals surface area contributed by atoms with E-state index in [0.29, 0.717) is 5.56 Å². The molecule has 2 aliphatic rings. The second-order valence-electron chi connectivity index (χ2n) is 11.6. The monoisotopic (exact) mass is 773 g/mol. The highest BCUT2D eigenvalue weighted by Gasteiger charge is 2.28. The van der Waals surface area contributed by atoms with Gasteiger partial charge in [-0.15, -0.1) is 0 Å². The number of hydrogen-bond donors (Lipinski definition) is 5. The molecule has 274 valence electrons. The van der Waals surface area contributed by atoms with Crippen molar-refractivity contribution in [1.82, 2.24) is 4.90 Å². The van der Waals surface area contributed by atoms with Crippen LogP contribution >= 0.6 is 0 Å². The minimum Gasteiger partial charge on any atom is -0.481 e. The van der Waals surface area contributed by atoms with Crippen molar-refractivity contribution in [3.05, 3.63) is 89.3 Å². The summed E-state index contributed by atoms with van der Waals surface area (Å²) in [5.41, 5.74) is 6.42. The minimum atomic E-state index is -5.00. The summed E-state index contributed by atoms with van der Waals surface area (Å²) in [5.74, 6) is -1.63. The fourth-order valence-corrected chi connectivity index (χ4v) is 7.35. The lowest BCUT2D eigenvalue weighted by molar-refractivity contribution is -0.137. The number of anilines is 1. The zero-order valence-corrected chi connectivity index (χ0v) is 29.6. The van der Waals surface area contributed by atoms with Gasteiger partial charge in [0.2, 0.25) is 0 Å². The Labute approximate surface area is 297 Å². The van der Waals surface area contributed by atoms with E-state index in [-0.39, 0.29) is 87.3 Å². The molecule has 0 atom stereocenters. The Hall–Kier alpha value is -5.18. The number of aliphatic carboxylic acids is 1. The van der Waals surface area contributed by atoms with Crippen LogP contribution in [0.5, 0.6) is 0 Å². The van der Waals surface area contributed by atoms with Gasteiger partial charge in [0, 0.05) is 60.8 Å². The molecule has 6 N–H and O–H groups in total. The first-order valence-electron chi connectivity index (χ1n) is 15.2. The normalized spacial score (nSPS) is 12.7. The van der Waals surface area contributed by atoms with E-state index in [1.807, 2.05) is 0 Å². The van der Waals surface area contributed by atoms with Crippen LogP contribution in [-0.4, -0.2) is 80.9 Å². The van der Waals surface area contributed by atoms with Crippen molar-refractivity contribution in [2.24, 2.45) is 4.99 Å². The molecule has 3 aromatic rings. The average Bonchev–Trinajstić information content (AvgIpc) is 3.05. The first-order valence-corrected chi connectivity index (χ1v) is 19.5. The number of fused-ring (bicyclic) bond motifs is 2. The van der Waals surface area contributed by atoms with Crippen molar-refractivity contribution in [2.45, 2.75) is 33.9 Å². The lowest BCUT2D eigenvalue weighted by Gasteiger charge is -2.22. The van der Waals surface area contributed by atoms with Crippen LogP contribution < -0.4 is 11.1 Å². The Morgan fingerprint density at radius 3 is 2.10 bits per heavy atom. The van der Waals surface area contributed by atoms with Crippen LogP contribution in [0.4, 0.5) is 5.69 Å². The highest BCUT2D eigenvalue weighted by atomic mass is 32.2. The van der Waals surface area contributed by atoms with Gasteiger partial charge in [0.15, 0.2) is 0 Å². The molecule has 0 saturated heterocycles. The number of carbonyl (C=O) groups excluding carboxylic acids is 1. The van der Waals surface area contributed by atoms with E-state index >= 15 is 0 Å². The minimum absolute atomic E-state index is 0.0116. The fraction of sp³-hybridized carbons (Fsp3) is 0.182. The smallest absolute Gasteiger partial charge is 0.303 e. The topological polar surface area (TPSA) is 272 Å². The zero-order chi connectivity index (χ0) is 38.2. The molecule has 5 rings (SSSR count). The number of benzene rings is 4. The molecular formula is C33H31N3O13S3. The summed E-state index contributed by atoms with van der Waals surface area (Å²) in [6.45, 7) is 0.00682. The fourth-order valence-electron chi connectivity index (χ4n) is 5.59. The van der Waals surface area contributed by atoms with Crippen molar-refractivity contribution in [1.29, 1.82) is 0 Å². The van der Waals surface area contributed by atoms with E-state index in [2.05, 4.69) is 4.99 Å². The molecule has 0 saturated carbocycles. The first-order chi connectivity index (χ1) is 24.3. The van der Waals surface area contributed by atoms with Gasteiger partial charge in [-0.2, -0.15) is 25.3 Å². The molecule has 52 heavy (non-hydrogen) atoms. The molecule has 0 aromatic heterocycles. The Kier molecular flexibility index (Phi) is 10.6. The molecule has 1 heterocycles. The average molecular weight is 774 g/mol. The Morgan fingerprint density at radius 1 is 0.827 bits per heavy atom. The van der Waals surface area contributed by atoms with Gasteiger partial charge >= 0.3 is 5.97 Å². The maximum Gasteiger partial charge on any atom is 0.303 e. The van der Waals surface area contributed by atoms with Gasteiger partial charge in [0.25, 0.3) is 36.3 Å². The molecule has 0 radical (unpaired) electrons. The molecule has 1 aliphatic carbocycles. The number of carboxylic acids is 1. The summed E-state index contributed by atoms with van der Waals surface area (Å²) in [4.78, 5) is 28.7. The molecule has 0 spiro atoms. The Balaban J connectivity index is 1.75. The predicted octanol–water partition coefficient (Wildman–Crippen LogP) is 3.61. The van der Waals surface area contributed by atoms with Crippen LogP contribution in [0.25, 0.3) is 33.4 Å². The van der Waals surface area contributed by atoms with Gasteiger partial charge in [-0.25, -0.2) is 0 Å². The standard InChI is InChI=1S/C33H31N3O13S3/c1-36(14-4-7-31(37)38)33(39)22-6-3-2-5-21(22)32-23-15-29(51(43,44)45)25(34)17-27(23)49-28-18-26(30(16-24(28)32)52(46,47)48)35-13-12-19-8-10-20(11-9-19)50(40,41)42/h2-3,5-6,8-11,15-18H,4,7,12-14,34H2,1H3,(H,37,38)(H,40,41,42)(H,43,44,45)(H,46,47,48)/b35-26+. The Morgan fingerprint density at radius 2 is 1.48 bits per heavy atom. The number of hydrogen-bond acceptors (Lipinski definition) is 11. The third kappa shape index (κ3) is 8.30. The van der Waals surface area contributed by atoms with Gasteiger partial charge in [0.1, 0.15) is 21.1 Å². The predicted molar refractivity (Wildman–Crippen MR) is 187 cm³/mol. The van der Waals surface area contributed by atoms with Gasteiger partial charge in [-0.1, -0.05) is 30.3 Å². The largest absolute Gasteiger partial charge is 0.481 e. The van der Waals surface area contributed by atoms with E-state index in [9.17, 15) is 48.5 Å². The summed E-state index contributed by atoms with van der Waals surface area (Å²) >= 11 is 0. The van der Waals surface area contributed by atoms with E-state index in [1.54, 1.807) is 12.1 Å². The number of carboxylic acid groups (broad SMARTS) is 1. The van der Waals surface area contributed by atoms with Gasteiger partial charge < -0.3 is 20.2 Å². The van der Waals surface area contributed by atoms with Crippen molar-refractivity contribution in [2.75, 3.05) is 25.9 Å². The summed E-state index contributed by atoms with van der Waals surface area (Å²) in [5, 5.41) is 8.79. The molecule has 3 aromatic carbocycles. The van der Waals surface area contributed by atoms with Crippen LogP contribution in [0.3, 0.4) is 0 Å². The molecule has 19 heteroatoms. The molecule has 1 aliphatic heterocycles. The highest BCUT2D eigenvalue weighted by molar-refractivity contribution is 7.86. The number of nitrogens with two attached hydrogens (primary N) is 1. The van der Waals surface area contributed by atoms with Gasteiger partial charge in [-0.3, -0.25) is 28.2 Å². The SMILES string of the molecule is CN(CCCC(=O)O)C(=O)c1ccccc1-c1c2cc(S(=O)(=O)O)/c(=N/CCc3ccc(S(=O)(=O)O)cc3)cc-2oc2cc(N)c(S(=O)(=O)O)cc12. The number of carbonyl (C=O) groups is 2. The third-order valence-corrected chi connectivity index (χ3v) is 10.7. The maximum absolute atomic E-state index is 13.8. The second-order valence-corrected chi connectivity index (χ2v) is 15.9. The number of nitrogen functional groups attached to an aromatic ring is 1. The summed E-state index contributed by atoms with van der Waals surface area (Å²) in [7, 11) is -12.9. The van der Waals surface area contributed by atoms with E-state index in [0.717, 1.165) is 18.2 Å². The number of rotatable bonds is 12. The number of nitrogens with zero attached hydrogens (tertiary/aromatic N) is 2. The molecular weight excluding hydrogens is 743 g/mol. The highest BCUT2D eigenvalue weighted by Crippen LogP contribution is 2.43. The van der Waals surface area contributed by atoms with Gasteiger partial charge in [-0.05, 0) is 54.3 Å². The third-order valence-electron chi connectivity index (χ3n) is 8.05. The molecule has 1 amide bonds. The van der Waals surface area contributed by atoms with E-state index < -0.39 is 52.0 Å². The van der Waals surface area contributed by atoms with Crippen molar-refractivity contribution in [3.63, 3.8) is 0 Å². The molecule has 0 unspecified atom stereocenters. The summed E-state index contributed by atoms with van der Waals surface area (Å²) in [6, 6.07) is 15.7. The first kappa shape index (κ1) is 38.1.